The number of hydrogen-bond acceptors (Lipinski definition) is 3. The summed E-state index contributed by atoms with van der Waals surface area (Å²) < 4.78 is 0. The minimum atomic E-state index is -0.237. The van der Waals surface area contributed by atoms with Crippen molar-refractivity contribution in [3.63, 3.8) is 0 Å². The lowest BCUT2D eigenvalue weighted by Gasteiger charge is -2.36. The fraction of sp³-hybridized carbons (Fsp3) is 0.500. The number of hydrogen-bond donors (Lipinski definition) is 1. The van der Waals surface area contributed by atoms with E-state index >= 15 is 0 Å². The van der Waals surface area contributed by atoms with Crippen molar-refractivity contribution in [3.05, 3.63) is 35.9 Å². The Labute approximate surface area is 102 Å². The van der Waals surface area contributed by atoms with E-state index in [1.54, 1.807) is 0 Å². The van der Waals surface area contributed by atoms with Gasteiger partial charge in [0.15, 0.2) is 6.17 Å². The van der Waals surface area contributed by atoms with Gasteiger partial charge in [0, 0.05) is 5.71 Å². The molecule has 3 heteroatoms. The second-order valence-corrected chi connectivity index (χ2v) is 5.19. The lowest BCUT2D eigenvalue weighted by molar-refractivity contribution is -0.168. The van der Waals surface area contributed by atoms with Gasteiger partial charge in [0.2, 0.25) is 0 Å². The highest BCUT2D eigenvalue weighted by molar-refractivity contribution is 5.95. The summed E-state index contributed by atoms with van der Waals surface area (Å²) in [4.78, 5) is 4.73. The van der Waals surface area contributed by atoms with E-state index in [0.717, 1.165) is 18.4 Å². The number of aliphatic imine (C=N–C) groups is 1. The molecule has 1 aliphatic carbocycles. The molecule has 1 heterocycles. The summed E-state index contributed by atoms with van der Waals surface area (Å²) in [6.07, 6.45) is 4.19. The van der Waals surface area contributed by atoms with Gasteiger partial charge < -0.3 is 5.21 Å². The van der Waals surface area contributed by atoms with E-state index in [4.69, 9.17) is 4.99 Å². The first kappa shape index (κ1) is 10.9. The van der Waals surface area contributed by atoms with E-state index in [2.05, 4.69) is 6.92 Å². The molecule has 1 saturated carbocycles. The average Bonchev–Trinajstić information content (AvgIpc) is 2.64. The number of hydroxylamine groups is 2. The molecule has 1 aliphatic heterocycles. The van der Waals surface area contributed by atoms with Crippen molar-refractivity contribution < 1.29 is 5.21 Å². The first-order valence-electron chi connectivity index (χ1n) is 6.32. The second-order valence-electron chi connectivity index (χ2n) is 5.19. The molecule has 1 aromatic carbocycles. The maximum Gasteiger partial charge on any atom is 0.151 e. The van der Waals surface area contributed by atoms with Crippen molar-refractivity contribution in [2.24, 2.45) is 4.99 Å². The molecule has 3 rings (SSSR count). The standard InChI is InChI=1S/C14H18N2O/c1-14-10-6-5-9-12(14)15-13(16(14)17)11-7-3-2-4-8-11/h2-4,7-8,13,17H,5-6,9-10H2,1H3. The summed E-state index contributed by atoms with van der Waals surface area (Å²) in [6, 6.07) is 10.0. The zero-order valence-electron chi connectivity index (χ0n) is 10.1. The molecule has 0 amide bonds. The lowest BCUT2D eigenvalue weighted by atomic mass is 9.82. The van der Waals surface area contributed by atoms with E-state index in [9.17, 15) is 5.21 Å². The highest BCUT2D eigenvalue weighted by Crippen LogP contribution is 2.42. The maximum atomic E-state index is 10.4. The molecule has 0 radical (unpaired) electrons. The molecule has 1 aromatic rings. The monoisotopic (exact) mass is 230 g/mol. The minimum Gasteiger partial charge on any atom is -0.311 e. The van der Waals surface area contributed by atoms with Gasteiger partial charge in [0.25, 0.3) is 0 Å². The predicted octanol–water partition coefficient (Wildman–Crippen LogP) is 3.16. The van der Waals surface area contributed by atoms with Crippen molar-refractivity contribution in [1.82, 2.24) is 5.06 Å². The van der Waals surface area contributed by atoms with E-state index in [1.807, 2.05) is 30.3 Å². The lowest BCUT2D eigenvalue weighted by Crippen LogP contribution is -2.48. The molecule has 3 nitrogen and oxygen atoms in total. The van der Waals surface area contributed by atoms with E-state index in [0.29, 0.717) is 0 Å². The zero-order chi connectivity index (χ0) is 11.9. The van der Waals surface area contributed by atoms with E-state index in [1.165, 1.54) is 23.6 Å². The number of nitrogens with zero attached hydrogens (tertiary/aromatic N) is 2. The zero-order valence-corrected chi connectivity index (χ0v) is 10.1. The molecule has 1 fully saturated rings. The average molecular weight is 230 g/mol. The molecule has 2 unspecified atom stereocenters. The van der Waals surface area contributed by atoms with Crippen LogP contribution in [0.5, 0.6) is 0 Å². The quantitative estimate of drug-likeness (QED) is 0.804. The van der Waals surface area contributed by atoms with Crippen LogP contribution in [0.1, 0.15) is 44.3 Å². The summed E-state index contributed by atoms with van der Waals surface area (Å²) in [5, 5.41) is 11.9. The Balaban J connectivity index is 1.97. The second kappa shape index (κ2) is 3.93. The fourth-order valence-electron chi connectivity index (χ4n) is 2.94. The van der Waals surface area contributed by atoms with Gasteiger partial charge in [-0.25, -0.2) is 0 Å². The predicted molar refractivity (Wildman–Crippen MR) is 67.1 cm³/mol. The topological polar surface area (TPSA) is 35.8 Å². The van der Waals surface area contributed by atoms with Crippen LogP contribution in [0.15, 0.2) is 35.3 Å². The third-order valence-corrected chi connectivity index (χ3v) is 4.06. The summed E-state index contributed by atoms with van der Waals surface area (Å²) in [5.74, 6) is 0. The molecule has 2 atom stereocenters. The summed E-state index contributed by atoms with van der Waals surface area (Å²) >= 11 is 0. The molecule has 17 heavy (non-hydrogen) atoms. The van der Waals surface area contributed by atoms with Gasteiger partial charge in [-0.15, -0.1) is 0 Å². The first-order chi connectivity index (χ1) is 8.22. The minimum absolute atomic E-state index is 0.214. The smallest absolute Gasteiger partial charge is 0.151 e. The molecule has 1 N–H and O–H groups in total. The third kappa shape index (κ3) is 1.61. The van der Waals surface area contributed by atoms with Crippen LogP contribution in [0.4, 0.5) is 0 Å². The van der Waals surface area contributed by atoms with Crippen molar-refractivity contribution >= 4 is 5.71 Å². The Hall–Kier alpha value is -1.19. The van der Waals surface area contributed by atoms with Crippen LogP contribution in [0.3, 0.4) is 0 Å². The molecule has 0 aromatic heterocycles. The van der Waals surface area contributed by atoms with Crippen LogP contribution in [-0.2, 0) is 0 Å². The van der Waals surface area contributed by atoms with Gasteiger partial charge in [-0.3, -0.25) is 4.99 Å². The van der Waals surface area contributed by atoms with Crippen molar-refractivity contribution in [2.45, 2.75) is 44.3 Å². The summed E-state index contributed by atoms with van der Waals surface area (Å²) in [7, 11) is 0. The van der Waals surface area contributed by atoms with Gasteiger partial charge in [0.05, 0.1) is 5.54 Å². The Kier molecular flexibility index (Phi) is 2.53. The van der Waals surface area contributed by atoms with Gasteiger partial charge in [-0.2, -0.15) is 5.06 Å². The van der Waals surface area contributed by atoms with Crippen LogP contribution < -0.4 is 0 Å². The van der Waals surface area contributed by atoms with Crippen molar-refractivity contribution in [1.29, 1.82) is 0 Å². The third-order valence-electron chi connectivity index (χ3n) is 4.06. The number of fused-ring (bicyclic) bond motifs is 1. The van der Waals surface area contributed by atoms with Crippen molar-refractivity contribution in [2.75, 3.05) is 0 Å². The molecule has 90 valence electrons. The number of benzene rings is 1. The van der Waals surface area contributed by atoms with Crippen LogP contribution >= 0.6 is 0 Å². The maximum absolute atomic E-state index is 10.4. The Bertz CT molecular complexity index is 443. The van der Waals surface area contributed by atoms with Crippen LogP contribution in [0.2, 0.25) is 0 Å². The number of rotatable bonds is 1. The van der Waals surface area contributed by atoms with E-state index in [-0.39, 0.29) is 11.7 Å². The molecule has 0 saturated heterocycles. The first-order valence-corrected chi connectivity index (χ1v) is 6.32. The Morgan fingerprint density at radius 3 is 2.76 bits per heavy atom. The normalized spacial score (nSPS) is 33.3. The molecular weight excluding hydrogens is 212 g/mol. The molecule has 2 aliphatic rings. The largest absolute Gasteiger partial charge is 0.311 e. The SMILES string of the molecule is CC12CCCCC1=NC(c1ccccc1)N2O. The molecular formula is C14H18N2O. The summed E-state index contributed by atoms with van der Waals surface area (Å²) in [5.41, 5.74) is 2.00. The Morgan fingerprint density at radius 1 is 1.29 bits per heavy atom. The highest BCUT2D eigenvalue weighted by atomic mass is 16.5. The Morgan fingerprint density at radius 2 is 2.06 bits per heavy atom. The molecule has 0 bridgehead atoms. The van der Waals surface area contributed by atoms with Gasteiger partial charge in [0.1, 0.15) is 0 Å². The highest BCUT2D eigenvalue weighted by Gasteiger charge is 2.47. The fourth-order valence-corrected chi connectivity index (χ4v) is 2.94. The van der Waals surface area contributed by atoms with E-state index < -0.39 is 0 Å². The summed E-state index contributed by atoms with van der Waals surface area (Å²) in [6.45, 7) is 2.11. The van der Waals surface area contributed by atoms with Crippen LogP contribution in [0.25, 0.3) is 0 Å². The van der Waals surface area contributed by atoms with Gasteiger partial charge in [-0.1, -0.05) is 36.8 Å². The van der Waals surface area contributed by atoms with Gasteiger partial charge in [-0.05, 0) is 31.7 Å². The van der Waals surface area contributed by atoms with Gasteiger partial charge >= 0.3 is 0 Å². The molecule has 0 spiro atoms. The van der Waals surface area contributed by atoms with Crippen molar-refractivity contribution in [3.8, 4) is 0 Å². The van der Waals surface area contributed by atoms with Crippen LogP contribution in [-0.4, -0.2) is 21.5 Å². The van der Waals surface area contributed by atoms with Crippen LogP contribution in [0, 0.1) is 0 Å².